The van der Waals surface area contributed by atoms with E-state index < -0.39 is 0 Å². The number of aryl methyl sites for hydroxylation is 1. The summed E-state index contributed by atoms with van der Waals surface area (Å²) >= 11 is 6.05. The standard InChI is InChI=1S/C14H13ClN2O3/c1-8-2-3-16-14(15)13(8)17-6-9-4-11-12(5-10(9)18)20-7-19-11/h2-5,17-18H,6-7H2,1H3. The number of aromatic nitrogens is 1. The maximum atomic E-state index is 9.97. The van der Waals surface area contributed by atoms with Gasteiger partial charge in [-0.2, -0.15) is 0 Å². The minimum absolute atomic E-state index is 0.152. The van der Waals surface area contributed by atoms with Crippen molar-refractivity contribution in [2.24, 2.45) is 0 Å². The van der Waals surface area contributed by atoms with E-state index in [1.165, 1.54) is 0 Å². The number of phenolic OH excluding ortho intramolecular Hbond substituents is 1. The molecule has 0 amide bonds. The number of hydrogen-bond acceptors (Lipinski definition) is 5. The van der Waals surface area contributed by atoms with Crippen molar-refractivity contribution in [3.05, 3.63) is 40.7 Å². The molecule has 6 heteroatoms. The fraction of sp³-hybridized carbons (Fsp3) is 0.214. The molecule has 1 aliphatic rings. The highest BCUT2D eigenvalue weighted by molar-refractivity contribution is 6.32. The van der Waals surface area contributed by atoms with Crippen LogP contribution in [0.15, 0.2) is 24.4 Å². The Kier molecular flexibility index (Phi) is 3.28. The second-order valence-electron chi connectivity index (χ2n) is 4.48. The van der Waals surface area contributed by atoms with Crippen molar-refractivity contribution in [1.29, 1.82) is 0 Å². The summed E-state index contributed by atoms with van der Waals surface area (Å²) in [6.07, 6.45) is 1.65. The van der Waals surface area contributed by atoms with Crippen LogP contribution in [0, 0.1) is 6.92 Å². The molecule has 3 rings (SSSR count). The van der Waals surface area contributed by atoms with E-state index in [2.05, 4.69) is 10.3 Å². The van der Waals surface area contributed by atoms with Crippen molar-refractivity contribution in [3.8, 4) is 17.2 Å². The summed E-state index contributed by atoms with van der Waals surface area (Å²) in [7, 11) is 0. The van der Waals surface area contributed by atoms with Crippen molar-refractivity contribution >= 4 is 17.3 Å². The molecule has 0 aliphatic carbocycles. The quantitative estimate of drug-likeness (QED) is 0.851. The number of fused-ring (bicyclic) bond motifs is 1. The van der Waals surface area contributed by atoms with Gasteiger partial charge in [0.05, 0.1) is 5.69 Å². The van der Waals surface area contributed by atoms with Crippen LogP contribution in [0.3, 0.4) is 0 Å². The monoisotopic (exact) mass is 292 g/mol. The van der Waals surface area contributed by atoms with Gasteiger partial charge in [-0.15, -0.1) is 0 Å². The Morgan fingerprint density at radius 3 is 2.85 bits per heavy atom. The first-order chi connectivity index (χ1) is 9.65. The maximum Gasteiger partial charge on any atom is 0.231 e. The number of phenols is 1. The Morgan fingerprint density at radius 1 is 1.35 bits per heavy atom. The van der Waals surface area contributed by atoms with Crippen molar-refractivity contribution < 1.29 is 14.6 Å². The Balaban J connectivity index is 1.82. The van der Waals surface area contributed by atoms with Gasteiger partial charge >= 0.3 is 0 Å². The first-order valence-electron chi connectivity index (χ1n) is 6.11. The average Bonchev–Trinajstić information content (AvgIpc) is 2.85. The van der Waals surface area contributed by atoms with Gasteiger partial charge in [0.25, 0.3) is 0 Å². The molecule has 0 fully saturated rings. The molecule has 0 radical (unpaired) electrons. The third-order valence-corrected chi connectivity index (χ3v) is 3.43. The summed E-state index contributed by atoms with van der Waals surface area (Å²) < 4.78 is 10.5. The Morgan fingerprint density at radius 2 is 2.10 bits per heavy atom. The molecule has 1 aromatic carbocycles. The lowest BCUT2D eigenvalue weighted by Crippen LogP contribution is -2.03. The van der Waals surface area contributed by atoms with Crippen LogP contribution in [0.2, 0.25) is 5.15 Å². The van der Waals surface area contributed by atoms with Gasteiger partial charge in [0.2, 0.25) is 6.79 Å². The van der Waals surface area contributed by atoms with Crippen molar-refractivity contribution in [3.63, 3.8) is 0 Å². The maximum absolute atomic E-state index is 9.97. The molecule has 0 saturated heterocycles. The fourth-order valence-electron chi connectivity index (χ4n) is 2.04. The summed E-state index contributed by atoms with van der Waals surface area (Å²) in [5.41, 5.74) is 2.45. The van der Waals surface area contributed by atoms with Gasteiger partial charge in [0.1, 0.15) is 5.75 Å². The lowest BCUT2D eigenvalue weighted by atomic mass is 10.1. The third-order valence-electron chi connectivity index (χ3n) is 3.14. The fourth-order valence-corrected chi connectivity index (χ4v) is 2.31. The number of hydrogen-bond donors (Lipinski definition) is 2. The van der Waals surface area contributed by atoms with Gasteiger partial charge in [-0.1, -0.05) is 11.6 Å². The van der Waals surface area contributed by atoms with E-state index in [0.29, 0.717) is 28.8 Å². The van der Waals surface area contributed by atoms with Gasteiger partial charge in [0, 0.05) is 24.4 Å². The van der Waals surface area contributed by atoms with Gasteiger partial charge in [-0.05, 0) is 24.6 Å². The van der Waals surface area contributed by atoms with Crippen LogP contribution >= 0.6 is 11.6 Å². The smallest absolute Gasteiger partial charge is 0.231 e. The van der Waals surface area contributed by atoms with Crippen LogP contribution in [0.1, 0.15) is 11.1 Å². The van der Waals surface area contributed by atoms with Crippen LogP contribution in [-0.4, -0.2) is 16.9 Å². The Labute approximate surface area is 121 Å². The summed E-state index contributed by atoms with van der Waals surface area (Å²) in [5, 5.41) is 13.6. The number of rotatable bonds is 3. The molecule has 0 bridgehead atoms. The number of anilines is 1. The van der Waals surface area contributed by atoms with Crippen molar-refractivity contribution in [2.45, 2.75) is 13.5 Å². The molecule has 2 aromatic rings. The van der Waals surface area contributed by atoms with Crippen LogP contribution in [0.4, 0.5) is 5.69 Å². The van der Waals surface area contributed by atoms with E-state index in [9.17, 15) is 5.11 Å². The van der Waals surface area contributed by atoms with E-state index >= 15 is 0 Å². The average molecular weight is 293 g/mol. The number of pyridine rings is 1. The molecule has 0 spiro atoms. The molecule has 0 unspecified atom stereocenters. The van der Waals surface area contributed by atoms with Crippen molar-refractivity contribution in [1.82, 2.24) is 4.98 Å². The van der Waals surface area contributed by atoms with Gasteiger partial charge in [0.15, 0.2) is 16.7 Å². The van der Waals surface area contributed by atoms with E-state index in [0.717, 1.165) is 11.3 Å². The van der Waals surface area contributed by atoms with E-state index in [1.54, 1.807) is 18.3 Å². The van der Waals surface area contributed by atoms with Crippen molar-refractivity contribution in [2.75, 3.05) is 12.1 Å². The van der Waals surface area contributed by atoms with Crippen LogP contribution in [0.25, 0.3) is 0 Å². The highest BCUT2D eigenvalue weighted by Crippen LogP contribution is 2.38. The highest BCUT2D eigenvalue weighted by Gasteiger charge is 2.17. The second kappa shape index (κ2) is 5.09. The third kappa shape index (κ3) is 2.32. The predicted molar refractivity (Wildman–Crippen MR) is 75.5 cm³/mol. The minimum atomic E-state index is 0.152. The summed E-state index contributed by atoms with van der Waals surface area (Å²) in [6, 6.07) is 5.18. The van der Waals surface area contributed by atoms with Crippen LogP contribution in [-0.2, 0) is 6.54 Å². The lowest BCUT2D eigenvalue weighted by molar-refractivity contribution is 0.174. The molecular formula is C14H13ClN2O3. The zero-order chi connectivity index (χ0) is 14.1. The van der Waals surface area contributed by atoms with Gasteiger partial charge in [-0.3, -0.25) is 0 Å². The Hall–Kier alpha value is -2.14. The normalized spacial score (nSPS) is 12.5. The summed E-state index contributed by atoms with van der Waals surface area (Å²) in [5.74, 6) is 1.34. The lowest BCUT2D eigenvalue weighted by Gasteiger charge is -2.12. The summed E-state index contributed by atoms with van der Waals surface area (Å²) in [6.45, 7) is 2.53. The molecule has 0 saturated carbocycles. The van der Waals surface area contributed by atoms with E-state index in [1.807, 2.05) is 13.0 Å². The van der Waals surface area contributed by atoms with E-state index in [4.69, 9.17) is 21.1 Å². The van der Waals surface area contributed by atoms with E-state index in [-0.39, 0.29) is 12.5 Å². The predicted octanol–water partition coefficient (Wildman–Crippen LogP) is 3.09. The summed E-state index contributed by atoms with van der Waals surface area (Å²) in [4.78, 5) is 4.03. The topological polar surface area (TPSA) is 63.6 Å². The number of nitrogens with one attached hydrogen (secondary N) is 1. The zero-order valence-electron chi connectivity index (χ0n) is 10.8. The molecule has 104 valence electrons. The van der Waals surface area contributed by atoms with Gasteiger partial charge in [-0.25, -0.2) is 4.98 Å². The van der Waals surface area contributed by atoms with Gasteiger partial charge < -0.3 is 19.9 Å². The molecular weight excluding hydrogens is 280 g/mol. The highest BCUT2D eigenvalue weighted by atomic mass is 35.5. The number of ether oxygens (including phenoxy) is 2. The first-order valence-corrected chi connectivity index (χ1v) is 6.49. The first kappa shape index (κ1) is 12.9. The SMILES string of the molecule is Cc1ccnc(Cl)c1NCc1cc2c(cc1O)OCO2. The minimum Gasteiger partial charge on any atom is -0.507 e. The number of benzene rings is 1. The number of halogens is 1. The number of aromatic hydroxyl groups is 1. The molecule has 2 N–H and O–H groups in total. The molecule has 2 heterocycles. The molecule has 20 heavy (non-hydrogen) atoms. The van der Waals surface area contributed by atoms with Crippen LogP contribution in [0.5, 0.6) is 17.2 Å². The molecule has 1 aromatic heterocycles. The molecule has 0 atom stereocenters. The van der Waals surface area contributed by atoms with Crippen LogP contribution < -0.4 is 14.8 Å². The Bertz CT molecular complexity index is 641. The molecule has 1 aliphatic heterocycles. The largest absolute Gasteiger partial charge is 0.507 e. The number of nitrogens with zero attached hydrogens (tertiary/aromatic N) is 1. The zero-order valence-corrected chi connectivity index (χ0v) is 11.6. The molecule has 5 nitrogen and oxygen atoms in total. The second-order valence-corrected chi connectivity index (χ2v) is 4.84.